The molecule has 0 radical (unpaired) electrons. The van der Waals surface area contributed by atoms with Crippen LogP contribution in [-0.2, 0) is 14.8 Å². The lowest BCUT2D eigenvalue weighted by molar-refractivity contribution is 0.0984. The molecule has 2 saturated heterocycles. The van der Waals surface area contributed by atoms with Crippen LogP contribution in [0.3, 0.4) is 0 Å². The fourth-order valence-electron chi connectivity index (χ4n) is 4.05. The lowest BCUT2D eigenvalue weighted by Crippen LogP contribution is -2.49. The molecule has 2 fully saturated rings. The molecule has 0 unspecified atom stereocenters. The zero-order valence-electron chi connectivity index (χ0n) is 17.3. The highest BCUT2D eigenvalue weighted by molar-refractivity contribution is 7.89. The van der Waals surface area contributed by atoms with Gasteiger partial charge < -0.3 is 24.0 Å². The van der Waals surface area contributed by atoms with Gasteiger partial charge in [0.2, 0.25) is 16.8 Å². The highest BCUT2D eigenvalue weighted by atomic mass is 32.2. The monoisotopic (exact) mass is 447 g/mol. The van der Waals surface area contributed by atoms with E-state index >= 15 is 0 Å². The Morgan fingerprint density at radius 2 is 1.68 bits per heavy atom. The van der Waals surface area contributed by atoms with Gasteiger partial charge in [0.05, 0.1) is 24.2 Å². The third-order valence-corrected chi connectivity index (χ3v) is 7.74. The van der Waals surface area contributed by atoms with Crippen LogP contribution in [0.5, 0.6) is 11.5 Å². The summed E-state index contributed by atoms with van der Waals surface area (Å²) < 4.78 is 43.7. The maximum Gasteiger partial charge on any atom is 0.243 e. The Bertz CT molecular complexity index is 1040. The van der Waals surface area contributed by atoms with E-state index in [1.54, 1.807) is 12.1 Å². The third kappa shape index (κ3) is 3.88. The van der Waals surface area contributed by atoms with Crippen molar-refractivity contribution in [2.45, 2.75) is 17.9 Å². The Labute approximate surface area is 181 Å². The quantitative estimate of drug-likeness (QED) is 0.678. The van der Waals surface area contributed by atoms with Gasteiger partial charge in [-0.3, -0.25) is 0 Å². The van der Waals surface area contributed by atoms with Crippen LogP contribution in [0.1, 0.15) is 6.92 Å². The van der Waals surface area contributed by atoms with Gasteiger partial charge in [0.15, 0.2) is 23.1 Å². The highest BCUT2D eigenvalue weighted by Crippen LogP contribution is 2.34. The van der Waals surface area contributed by atoms with E-state index in [0.29, 0.717) is 50.9 Å². The summed E-state index contributed by atoms with van der Waals surface area (Å²) in [6.45, 7) is 6.23. The Balaban J connectivity index is 1.24. The summed E-state index contributed by atoms with van der Waals surface area (Å²) in [5.41, 5.74) is 0. The number of morpholine rings is 1. The molecular weight excluding hydrogens is 422 g/mol. The molecule has 1 atom stereocenters. The molecular formula is C20H25N5O5S. The number of hydrogen-bond donors (Lipinski definition) is 0. The number of hydrogen-bond acceptors (Lipinski definition) is 9. The number of nitrogens with zero attached hydrogens (tertiary/aromatic N) is 5. The van der Waals surface area contributed by atoms with Crippen LogP contribution in [0.2, 0.25) is 0 Å². The molecule has 1 aromatic heterocycles. The maximum atomic E-state index is 13.0. The Morgan fingerprint density at radius 1 is 0.935 bits per heavy atom. The first-order valence-electron chi connectivity index (χ1n) is 10.4. The topological polar surface area (TPSA) is 97.3 Å². The van der Waals surface area contributed by atoms with Crippen molar-refractivity contribution in [3.8, 4) is 11.5 Å². The normalized spacial score (nSPS) is 22.0. The molecule has 5 rings (SSSR count). The van der Waals surface area contributed by atoms with Gasteiger partial charge in [-0.1, -0.05) is 0 Å². The minimum Gasteiger partial charge on any atom is -0.454 e. The Kier molecular flexibility index (Phi) is 5.32. The van der Waals surface area contributed by atoms with Crippen molar-refractivity contribution in [1.82, 2.24) is 14.5 Å². The molecule has 31 heavy (non-hydrogen) atoms. The zero-order valence-corrected chi connectivity index (χ0v) is 18.1. The molecule has 3 aliphatic rings. The molecule has 0 aliphatic carbocycles. The van der Waals surface area contributed by atoms with E-state index in [1.165, 1.54) is 10.4 Å². The van der Waals surface area contributed by atoms with Gasteiger partial charge in [0.1, 0.15) is 0 Å². The predicted molar refractivity (Wildman–Crippen MR) is 113 cm³/mol. The van der Waals surface area contributed by atoms with Crippen LogP contribution in [-0.4, -0.2) is 81.7 Å². The average Bonchev–Trinajstić information content (AvgIpc) is 3.28. The molecule has 0 N–H and O–H groups in total. The molecule has 1 aromatic carbocycles. The van der Waals surface area contributed by atoms with Crippen molar-refractivity contribution in [2.24, 2.45) is 0 Å². The number of rotatable bonds is 4. The van der Waals surface area contributed by atoms with Crippen molar-refractivity contribution >= 4 is 21.7 Å². The van der Waals surface area contributed by atoms with Crippen LogP contribution < -0.4 is 19.3 Å². The summed E-state index contributed by atoms with van der Waals surface area (Å²) >= 11 is 0. The standard InChI is InChI=1S/C20H25N5O5S/c1-15-13-28-11-10-25(15)20-5-4-19(21-22-20)23-6-8-24(9-7-23)31(26,27)16-2-3-17-18(12-16)30-14-29-17/h2-5,12,15H,6-11,13-14H2,1H3/t15-/m0/s1. The van der Waals surface area contributed by atoms with Gasteiger partial charge in [-0.2, -0.15) is 4.31 Å². The van der Waals surface area contributed by atoms with E-state index in [1.807, 2.05) is 12.1 Å². The number of aromatic nitrogens is 2. The van der Waals surface area contributed by atoms with Crippen molar-refractivity contribution in [3.05, 3.63) is 30.3 Å². The second-order valence-corrected chi connectivity index (χ2v) is 9.71. The van der Waals surface area contributed by atoms with Crippen LogP contribution in [0.25, 0.3) is 0 Å². The van der Waals surface area contributed by atoms with E-state index in [9.17, 15) is 8.42 Å². The van der Waals surface area contributed by atoms with Crippen LogP contribution in [0, 0.1) is 0 Å². The lowest BCUT2D eigenvalue weighted by atomic mass is 10.2. The number of ether oxygens (including phenoxy) is 3. The number of piperazine rings is 1. The molecule has 4 heterocycles. The smallest absolute Gasteiger partial charge is 0.243 e. The summed E-state index contributed by atoms with van der Waals surface area (Å²) in [6, 6.07) is 8.91. The second kappa shape index (κ2) is 8.13. The number of anilines is 2. The predicted octanol–water partition coefficient (Wildman–Crippen LogP) is 0.941. The molecule has 0 bridgehead atoms. The van der Waals surface area contributed by atoms with E-state index in [4.69, 9.17) is 14.2 Å². The summed E-state index contributed by atoms with van der Waals surface area (Å²) in [5.74, 6) is 2.62. The largest absolute Gasteiger partial charge is 0.454 e. The van der Waals surface area contributed by atoms with Crippen LogP contribution in [0.15, 0.2) is 35.2 Å². The third-order valence-electron chi connectivity index (χ3n) is 5.84. The minimum atomic E-state index is -3.60. The molecule has 166 valence electrons. The fourth-order valence-corrected chi connectivity index (χ4v) is 5.49. The van der Waals surface area contributed by atoms with Gasteiger partial charge in [0, 0.05) is 38.8 Å². The zero-order chi connectivity index (χ0) is 21.4. The SMILES string of the molecule is C[C@H]1COCCN1c1ccc(N2CCN(S(=O)(=O)c3ccc4c(c3)OCO4)CC2)nn1. The van der Waals surface area contributed by atoms with Gasteiger partial charge >= 0.3 is 0 Å². The number of sulfonamides is 1. The minimum absolute atomic E-state index is 0.113. The Hall–Kier alpha value is -2.63. The molecule has 0 spiro atoms. The summed E-state index contributed by atoms with van der Waals surface area (Å²) in [5, 5.41) is 8.79. The van der Waals surface area contributed by atoms with Crippen LogP contribution in [0.4, 0.5) is 11.6 Å². The van der Waals surface area contributed by atoms with Crippen molar-refractivity contribution < 1.29 is 22.6 Å². The molecule has 0 saturated carbocycles. The van der Waals surface area contributed by atoms with E-state index in [2.05, 4.69) is 26.9 Å². The lowest BCUT2D eigenvalue weighted by Gasteiger charge is -2.35. The van der Waals surface area contributed by atoms with Gasteiger partial charge in [-0.25, -0.2) is 8.42 Å². The van der Waals surface area contributed by atoms with Crippen LogP contribution >= 0.6 is 0 Å². The highest BCUT2D eigenvalue weighted by Gasteiger charge is 2.30. The Morgan fingerprint density at radius 3 is 2.42 bits per heavy atom. The number of fused-ring (bicyclic) bond motifs is 1. The second-order valence-electron chi connectivity index (χ2n) is 7.77. The summed E-state index contributed by atoms with van der Waals surface area (Å²) in [6.07, 6.45) is 0. The molecule has 3 aliphatic heterocycles. The van der Waals surface area contributed by atoms with E-state index < -0.39 is 10.0 Å². The van der Waals surface area contributed by atoms with Crippen molar-refractivity contribution in [2.75, 3.05) is 62.5 Å². The molecule has 10 nitrogen and oxygen atoms in total. The summed E-state index contributed by atoms with van der Waals surface area (Å²) in [4.78, 5) is 4.47. The first-order chi connectivity index (χ1) is 15.0. The average molecular weight is 448 g/mol. The van der Waals surface area contributed by atoms with Crippen molar-refractivity contribution in [1.29, 1.82) is 0 Å². The number of benzene rings is 1. The van der Waals surface area contributed by atoms with E-state index in [-0.39, 0.29) is 17.7 Å². The molecule has 2 aromatic rings. The van der Waals surface area contributed by atoms with Gasteiger partial charge in [-0.05, 0) is 31.2 Å². The van der Waals surface area contributed by atoms with Crippen molar-refractivity contribution in [3.63, 3.8) is 0 Å². The first-order valence-corrected chi connectivity index (χ1v) is 11.8. The molecule has 11 heteroatoms. The fraction of sp³-hybridized carbons (Fsp3) is 0.500. The molecule has 0 amide bonds. The van der Waals surface area contributed by atoms with Gasteiger partial charge in [0.25, 0.3) is 0 Å². The summed E-state index contributed by atoms with van der Waals surface area (Å²) in [7, 11) is -3.60. The van der Waals surface area contributed by atoms with E-state index in [0.717, 1.165) is 18.2 Å². The maximum absolute atomic E-state index is 13.0. The van der Waals surface area contributed by atoms with Gasteiger partial charge in [-0.15, -0.1) is 10.2 Å². The first kappa shape index (κ1) is 20.3.